The molecule has 6 heteroatoms. The molecule has 0 aliphatic rings. The second-order valence-electron chi connectivity index (χ2n) is 4.19. The summed E-state index contributed by atoms with van der Waals surface area (Å²) in [6, 6.07) is 10.9. The van der Waals surface area contributed by atoms with Crippen LogP contribution >= 0.6 is 12.2 Å². The molecule has 0 heterocycles. The largest absolute Gasteiger partial charge is 0.331 e. The van der Waals surface area contributed by atoms with Crippen LogP contribution in [0.15, 0.2) is 42.5 Å². The molecule has 0 aliphatic heterocycles. The Hall–Kier alpha value is -2.21. The quantitative estimate of drug-likeness (QED) is 0.597. The second kappa shape index (κ2) is 6.29. The van der Waals surface area contributed by atoms with E-state index in [1.807, 2.05) is 31.2 Å². The van der Waals surface area contributed by atoms with Crippen LogP contribution in [0.2, 0.25) is 0 Å². The molecule has 0 amide bonds. The fourth-order valence-electron chi connectivity index (χ4n) is 1.51. The molecule has 2 aromatic carbocycles. The maximum absolute atomic E-state index is 13.4. The molecule has 0 unspecified atom stereocenters. The molecule has 104 valence electrons. The lowest BCUT2D eigenvalue weighted by Gasteiger charge is -2.13. The zero-order valence-corrected chi connectivity index (χ0v) is 11.5. The molecule has 3 nitrogen and oxygen atoms in total. The van der Waals surface area contributed by atoms with E-state index in [2.05, 4.69) is 16.2 Å². The average molecular weight is 293 g/mol. The van der Waals surface area contributed by atoms with E-state index in [4.69, 9.17) is 12.2 Å². The van der Waals surface area contributed by atoms with E-state index >= 15 is 0 Å². The van der Waals surface area contributed by atoms with Crippen molar-refractivity contribution >= 4 is 28.7 Å². The molecule has 2 rings (SSSR count). The van der Waals surface area contributed by atoms with E-state index < -0.39 is 11.6 Å². The van der Waals surface area contributed by atoms with Crippen LogP contribution in [-0.2, 0) is 0 Å². The van der Waals surface area contributed by atoms with Crippen molar-refractivity contribution in [2.24, 2.45) is 0 Å². The summed E-state index contributed by atoms with van der Waals surface area (Å²) in [6.45, 7) is 1.99. The topological polar surface area (TPSA) is 36.1 Å². The van der Waals surface area contributed by atoms with Gasteiger partial charge < -0.3 is 5.32 Å². The lowest BCUT2D eigenvalue weighted by Crippen LogP contribution is -2.33. The van der Waals surface area contributed by atoms with Crippen molar-refractivity contribution in [2.45, 2.75) is 6.92 Å². The van der Waals surface area contributed by atoms with Gasteiger partial charge in [-0.3, -0.25) is 10.9 Å². The number of hydrazine groups is 1. The van der Waals surface area contributed by atoms with Gasteiger partial charge in [0.05, 0.1) is 5.69 Å². The molecule has 0 spiro atoms. The Kier molecular flexibility index (Phi) is 4.47. The van der Waals surface area contributed by atoms with Gasteiger partial charge in [-0.2, -0.15) is 0 Å². The smallest absolute Gasteiger partial charge is 0.189 e. The highest BCUT2D eigenvalue weighted by Crippen LogP contribution is 2.14. The van der Waals surface area contributed by atoms with E-state index in [0.717, 1.165) is 23.4 Å². The van der Waals surface area contributed by atoms with Gasteiger partial charge in [-0.05, 0) is 43.4 Å². The third-order valence-corrected chi connectivity index (χ3v) is 2.76. The Morgan fingerprint density at radius 2 is 1.75 bits per heavy atom. The predicted octanol–water partition coefficient (Wildman–Crippen LogP) is 3.59. The van der Waals surface area contributed by atoms with Crippen molar-refractivity contribution in [1.29, 1.82) is 0 Å². The van der Waals surface area contributed by atoms with Crippen LogP contribution < -0.4 is 16.2 Å². The van der Waals surface area contributed by atoms with Crippen LogP contribution in [0.4, 0.5) is 20.2 Å². The Morgan fingerprint density at radius 1 is 1.05 bits per heavy atom. The first-order chi connectivity index (χ1) is 9.54. The molecule has 0 fully saturated rings. The summed E-state index contributed by atoms with van der Waals surface area (Å²) < 4.78 is 26.1. The summed E-state index contributed by atoms with van der Waals surface area (Å²) in [5, 5.41) is 3.21. The number of halogens is 2. The van der Waals surface area contributed by atoms with Crippen LogP contribution in [-0.4, -0.2) is 5.11 Å². The lowest BCUT2D eigenvalue weighted by atomic mass is 10.2. The van der Waals surface area contributed by atoms with E-state index in [-0.39, 0.29) is 10.8 Å². The number of aryl methyl sites for hydroxylation is 1. The summed E-state index contributed by atoms with van der Waals surface area (Å²) in [5.41, 5.74) is 7.27. The first-order valence-corrected chi connectivity index (χ1v) is 6.30. The highest BCUT2D eigenvalue weighted by atomic mass is 32.1. The molecule has 3 N–H and O–H groups in total. The summed E-state index contributed by atoms with van der Waals surface area (Å²) in [6.07, 6.45) is 0. The maximum Gasteiger partial charge on any atom is 0.189 e. The van der Waals surface area contributed by atoms with Gasteiger partial charge in [0.25, 0.3) is 0 Å². The van der Waals surface area contributed by atoms with E-state index in [9.17, 15) is 8.78 Å². The fraction of sp³-hybridized carbons (Fsp3) is 0.0714. The molecule has 0 radical (unpaired) electrons. The number of nitrogens with one attached hydrogen (secondary N) is 3. The Bertz CT molecular complexity index is 614. The van der Waals surface area contributed by atoms with Crippen LogP contribution in [0.1, 0.15) is 5.56 Å². The van der Waals surface area contributed by atoms with Crippen molar-refractivity contribution in [3.8, 4) is 0 Å². The second-order valence-corrected chi connectivity index (χ2v) is 4.60. The molecule has 0 aromatic heterocycles. The number of thiocarbonyl (C=S) groups is 1. The molecule has 0 saturated carbocycles. The Morgan fingerprint density at radius 3 is 2.40 bits per heavy atom. The van der Waals surface area contributed by atoms with Gasteiger partial charge >= 0.3 is 0 Å². The van der Waals surface area contributed by atoms with Gasteiger partial charge in [0.15, 0.2) is 10.9 Å². The summed E-state index contributed by atoms with van der Waals surface area (Å²) in [4.78, 5) is 0. The monoisotopic (exact) mass is 293 g/mol. The van der Waals surface area contributed by atoms with Crippen molar-refractivity contribution < 1.29 is 8.78 Å². The minimum Gasteiger partial charge on any atom is -0.331 e. The van der Waals surface area contributed by atoms with Crippen molar-refractivity contribution in [2.75, 3.05) is 10.7 Å². The molecule has 0 saturated heterocycles. The first kappa shape index (κ1) is 14.2. The summed E-state index contributed by atoms with van der Waals surface area (Å²) in [5.74, 6) is -1.33. The van der Waals surface area contributed by atoms with Crippen molar-refractivity contribution in [3.63, 3.8) is 0 Å². The normalized spacial score (nSPS) is 9.95. The minimum absolute atomic E-state index is 0.111. The van der Waals surface area contributed by atoms with Gasteiger partial charge in [-0.15, -0.1) is 0 Å². The number of benzene rings is 2. The van der Waals surface area contributed by atoms with Crippen LogP contribution in [0, 0.1) is 18.6 Å². The molecule has 2 aromatic rings. The van der Waals surface area contributed by atoms with Crippen LogP contribution in [0.25, 0.3) is 0 Å². The van der Waals surface area contributed by atoms with E-state index in [1.165, 1.54) is 6.07 Å². The van der Waals surface area contributed by atoms with Gasteiger partial charge in [-0.25, -0.2) is 8.78 Å². The van der Waals surface area contributed by atoms with Gasteiger partial charge in [0.2, 0.25) is 0 Å². The van der Waals surface area contributed by atoms with Gasteiger partial charge in [0.1, 0.15) is 5.82 Å². The standard InChI is InChI=1S/C14H13F2N3S/c1-9-2-5-11(6-3-9)17-14(20)19-18-13-7-4-10(15)8-12(13)16/h2-8,18H,1H3,(H2,17,19,20). The van der Waals surface area contributed by atoms with Crippen molar-refractivity contribution in [3.05, 3.63) is 59.7 Å². The number of rotatable bonds is 3. The predicted molar refractivity (Wildman–Crippen MR) is 80.5 cm³/mol. The van der Waals surface area contributed by atoms with Crippen LogP contribution in [0.3, 0.4) is 0 Å². The third kappa shape index (κ3) is 3.89. The number of hydrogen-bond acceptors (Lipinski definition) is 2. The summed E-state index contributed by atoms with van der Waals surface area (Å²) >= 11 is 5.06. The minimum atomic E-state index is -0.698. The molecule has 0 bridgehead atoms. The molecule has 20 heavy (non-hydrogen) atoms. The molecular weight excluding hydrogens is 280 g/mol. The Balaban J connectivity index is 1.90. The zero-order chi connectivity index (χ0) is 14.5. The first-order valence-electron chi connectivity index (χ1n) is 5.89. The SMILES string of the molecule is Cc1ccc(NC(=S)NNc2ccc(F)cc2F)cc1. The highest BCUT2D eigenvalue weighted by Gasteiger charge is 2.03. The summed E-state index contributed by atoms with van der Waals surface area (Å²) in [7, 11) is 0. The van der Waals surface area contributed by atoms with E-state index in [1.54, 1.807) is 0 Å². The molecule has 0 atom stereocenters. The third-order valence-electron chi connectivity index (χ3n) is 2.55. The maximum atomic E-state index is 13.4. The van der Waals surface area contributed by atoms with Gasteiger partial charge in [-0.1, -0.05) is 17.7 Å². The number of anilines is 2. The average Bonchev–Trinajstić information content (AvgIpc) is 2.40. The van der Waals surface area contributed by atoms with E-state index in [0.29, 0.717) is 0 Å². The van der Waals surface area contributed by atoms with Crippen LogP contribution in [0.5, 0.6) is 0 Å². The fourth-order valence-corrected chi connectivity index (χ4v) is 1.68. The highest BCUT2D eigenvalue weighted by molar-refractivity contribution is 7.80. The Labute approximate surface area is 121 Å². The molecular formula is C14H13F2N3S. The number of hydrogen-bond donors (Lipinski definition) is 3. The lowest BCUT2D eigenvalue weighted by molar-refractivity contribution is 0.585. The zero-order valence-electron chi connectivity index (χ0n) is 10.7. The van der Waals surface area contributed by atoms with Crippen molar-refractivity contribution in [1.82, 2.24) is 5.43 Å². The molecule has 0 aliphatic carbocycles. The van der Waals surface area contributed by atoms with Gasteiger partial charge in [0, 0.05) is 11.8 Å².